The molecule has 0 N–H and O–H groups in total. The molecule has 0 atom stereocenters. The summed E-state index contributed by atoms with van der Waals surface area (Å²) in [5.74, 6) is 1.72. The quantitative estimate of drug-likeness (QED) is 0.182. The lowest BCUT2D eigenvalue weighted by Gasteiger charge is -2.14. The van der Waals surface area contributed by atoms with Crippen LogP contribution in [0.15, 0.2) is 186 Å². The van der Waals surface area contributed by atoms with Crippen molar-refractivity contribution in [3.63, 3.8) is 0 Å². The first-order valence-electron chi connectivity index (χ1n) is 18.9. The Kier molecular flexibility index (Phi) is 6.56. The average molecular weight is 715 g/mol. The summed E-state index contributed by atoms with van der Waals surface area (Å²) in [6.07, 6.45) is 0. The summed E-state index contributed by atoms with van der Waals surface area (Å²) in [6, 6.07) is 63.7. The molecule has 0 spiro atoms. The summed E-state index contributed by atoms with van der Waals surface area (Å²) in [5, 5.41) is 11.2. The number of fused-ring (bicyclic) bond motifs is 12. The summed E-state index contributed by atoms with van der Waals surface area (Å²) in [5.41, 5.74) is 7.69. The SMILES string of the molecule is c1ccc(-c2ccccc2-c2nc(-c3cccc4oc5c6ccccc6ccc5c34)nc(-n3c4ccc5ccccc5c4c4ccc5ccccc5c43)n2)cc1. The van der Waals surface area contributed by atoms with Gasteiger partial charge in [0.2, 0.25) is 5.95 Å². The van der Waals surface area contributed by atoms with Crippen LogP contribution in [0.4, 0.5) is 0 Å². The van der Waals surface area contributed by atoms with Crippen molar-refractivity contribution in [2.75, 3.05) is 0 Å². The number of furan rings is 1. The van der Waals surface area contributed by atoms with Crippen LogP contribution in [0.5, 0.6) is 0 Å². The fraction of sp³-hybridized carbons (Fsp3) is 0. The van der Waals surface area contributed by atoms with Gasteiger partial charge < -0.3 is 4.42 Å². The van der Waals surface area contributed by atoms with Gasteiger partial charge in [-0.15, -0.1) is 0 Å². The molecule has 5 heteroatoms. The van der Waals surface area contributed by atoms with Crippen molar-refractivity contribution in [3.8, 4) is 39.9 Å². The lowest BCUT2D eigenvalue weighted by molar-refractivity contribution is 0.672. The molecule has 260 valence electrons. The number of benzene rings is 9. The number of nitrogens with zero attached hydrogens (tertiary/aromatic N) is 4. The molecule has 0 radical (unpaired) electrons. The van der Waals surface area contributed by atoms with E-state index in [1.807, 2.05) is 18.2 Å². The summed E-state index contributed by atoms with van der Waals surface area (Å²) in [6.45, 7) is 0. The molecule has 3 aromatic heterocycles. The highest BCUT2D eigenvalue weighted by molar-refractivity contribution is 6.26. The molecular weight excluding hydrogens is 685 g/mol. The zero-order valence-corrected chi connectivity index (χ0v) is 30.0. The third-order valence-corrected chi connectivity index (χ3v) is 11.2. The molecule has 0 saturated heterocycles. The van der Waals surface area contributed by atoms with Crippen LogP contribution >= 0.6 is 0 Å². The van der Waals surface area contributed by atoms with E-state index in [1.165, 1.54) is 16.2 Å². The van der Waals surface area contributed by atoms with Crippen molar-refractivity contribution in [3.05, 3.63) is 182 Å². The molecule has 0 saturated carbocycles. The molecule has 56 heavy (non-hydrogen) atoms. The highest BCUT2D eigenvalue weighted by Gasteiger charge is 2.23. The largest absolute Gasteiger partial charge is 0.455 e. The summed E-state index contributed by atoms with van der Waals surface area (Å²) >= 11 is 0. The summed E-state index contributed by atoms with van der Waals surface area (Å²) < 4.78 is 8.90. The van der Waals surface area contributed by atoms with Crippen LogP contribution in [-0.4, -0.2) is 19.5 Å². The molecule has 0 amide bonds. The van der Waals surface area contributed by atoms with Gasteiger partial charge in [-0.2, -0.15) is 9.97 Å². The Morgan fingerprint density at radius 1 is 0.375 bits per heavy atom. The Bertz CT molecular complexity index is 3540. The molecule has 3 heterocycles. The second-order valence-electron chi connectivity index (χ2n) is 14.3. The second kappa shape index (κ2) is 11.9. The first-order valence-corrected chi connectivity index (χ1v) is 18.9. The van der Waals surface area contributed by atoms with Crippen LogP contribution in [0.25, 0.3) is 116 Å². The first-order chi connectivity index (χ1) is 27.8. The van der Waals surface area contributed by atoms with Crippen LogP contribution in [0.1, 0.15) is 0 Å². The molecular formula is C51H30N4O. The third kappa shape index (κ3) is 4.52. The number of rotatable bonds is 4. The lowest BCUT2D eigenvalue weighted by atomic mass is 9.99. The van der Waals surface area contributed by atoms with Crippen molar-refractivity contribution in [1.29, 1.82) is 0 Å². The highest BCUT2D eigenvalue weighted by Crippen LogP contribution is 2.42. The van der Waals surface area contributed by atoms with Crippen molar-refractivity contribution in [2.24, 2.45) is 0 Å². The fourth-order valence-electron chi connectivity index (χ4n) is 8.75. The Morgan fingerprint density at radius 3 is 1.77 bits per heavy atom. The van der Waals surface area contributed by atoms with Crippen LogP contribution < -0.4 is 0 Å². The Labute approximate surface area is 320 Å². The van der Waals surface area contributed by atoms with Crippen LogP contribution in [0.3, 0.4) is 0 Å². The molecule has 0 aliphatic carbocycles. The molecule has 5 nitrogen and oxygen atoms in total. The van der Waals surface area contributed by atoms with Crippen molar-refractivity contribution < 1.29 is 4.42 Å². The predicted molar refractivity (Wildman–Crippen MR) is 230 cm³/mol. The van der Waals surface area contributed by atoms with E-state index in [-0.39, 0.29) is 0 Å². The minimum atomic E-state index is 0.551. The fourth-order valence-corrected chi connectivity index (χ4v) is 8.75. The minimum absolute atomic E-state index is 0.551. The second-order valence-corrected chi connectivity index (χ2v) is 14.3. The molecule has 12 aromatic rings. The van der Waals surface area contributed by atoms with Crippen LogP contribution in [0, 0.1) is 0 Å². The highest BCUT2D eigenvalue weighted by atomic mass is 16.3. The molecule has 0 unspecified atom stereocenters. The standard InChI is InChI=1S/C51H30N4O/c1-2-13-31(14-3-1)35-18-10-11-22-39(35)49-52-50(42-23-12-24-44-46(42)41-29-26-34-17-6-9-21-38(34)48(41)56-44)54-51(53-49)55-43-30-27-32-15-4-7-19-36(32)45(43)40-28-25-33-16-5-8-20-37(33)47(40)55/h1-30H. The first kappa shape index (κ1) is 30.8. The van der Waals surface area contributed by atoms with Gasteiger partial charge in [-0.1, -0.05) is 164 Å². The van der Waals surface area contributed by atoms with Crippen molar-refractivity contribution in [1.82, 2.24) is 19.5 Å². The zero-order valence-electron chi connectivity index (χ0n) is 30.0. The van der Waals surface area contributed by atoms with Crippen molar-refractivity contribution >= 4 is 76.1 Å². The van der Waals surface area contributed by atoms with Crippen LogP contribution in [0.2, 0.25) is 0 Å². The Hall–Kier alpha value is -7.63. The molecule has 0 fully saturated rings. The predicted octanol–water partition coefficient (Wildman–Crippen LogP) is 13.3. The molecule has 0 aliphatic rings. The van der Waals surface area contributed by atoms with Gasteiger partial charge >= 0.3 is 0 Å². The smallest absolute Gasteiger partial charge is 0.238 e. The number of aromatic nitrogens is 4. The summed E-state index contributed by atoms with van der Waals surface area (Å²) in [7, 11) is 0. The molecule has 9 aromatic carbocycles. The maximum atomic E-state index is 6.65. The van der Waals surface area contributed by atoms with Gasteiger partial charge in [0.1, 0.15) is 11.2 Å². The Morgan fingerprint density at radius 2 is 0.964 bits per heavy atom. The Balaban J connectivity index is 1.23. The van der Waals surface area contributed by atoms with E-state index >= 15 is 0 Å². The zero-order chi connectivity index (χ0) is 36.7. The van der Waals surface area contributed by atoms with Gasteiger partial charge in [-0.3, -0.25) is 4.57 Å². The van der Waals surface area contributed by atoms with Crippen molar-refractivity contribution in [2.45, 2.75) is 0 Å². The maximum absolute atomic E-state index is 6.65. The average Bonchev–Trinajstić information content (AvgIpc) is 3.84. The van der Waals surface area contributed by atoms with E-state index in [2.05, 4.69) is 168 Å². The van der Waals surface area contributed by atoms with Gasteiger partial charge in [-0.05, 0) is 50.9 Å². The van der Waals surface area contributed by atoms with E-state index in [0.29, 0.717) is 17.6 Å². The number of hydrogen-bond acceptors (Lipinski definition) is 4. The third-order valence-electron chi connectivity index (χ3n) is 11.2. The number of hydrogen-bond donors (Lipinski definition) is 0. The molecule has 0 bridgehead atoms. The van der Waals surface area contributed by atoms with E-state index in [0.717, 1.165) is 82.2 Å². The van der Waals surface area contributed by atoms with Gasteiger partial charge in [0.15, 0.2) is 11.6 Å². The van der Waals surface area contributed by atoms with E-state index in [1.54, 1.807) is 0 Å². The normalized spacial score (nSPS) is 11.9. The van der Waals surface area contributed by atoms with E-state index in [9.17, 15) is 0 Å². The topological polar surface area (TPSA) is 56.7 Å². The van der Waals surface area contributed by atoms with Gasteiger partial charge in [-0.25, -0.2) is 4.98 Å². The summed E-state index contributed by atoms with van der Waals surface area (Å²) in [4.78, 5) is 16.3. The molecule has 0 aliphatic heterocycles. The van der Waals surface area contributed by atoms with Gasteiger partial charge in [0.05, 0.1) is 11.0 Å². The maximum Gasteiger partial charge on any atom is 0.238 e. The van der Waals surface area contributed by atoms with E-state index < -0.39 is 0 Å². The van der Waals surface area contributed by atoms with Crippen LogP contribution in [-0.2, 0) is 0 Å². The monoisotopic (exact) mass is 714 g/mol. The minimum Gasteiger partial charge on any atom is -0.455 e. The molecule has 12 rings (SSSR count). The van der Waals surface area contributed by atoms with Gasteiger partial charge in [0.25, 0.3) is 0 Å². The lowest BCUT2D eigenvalue weighted by Crippen LogP contribution is -2.07. The van der Waals surface area contributed by atoms with E-state index in [4.69, 9.17) is 19.4 Å². The van der Waals surface area contributed by atoms with Gasteiger partial charge in [0, 0.05) is 43.4 Å².